The molecule has 1 heterocycles. The number of benzene rings is 2. The third kappa shape index (κ3) is 4.20. The molecule has 26 heavy (non-hydrogen) atoms. The van der Waals surface area contributed by atoms with E-state index in [2.05, 4.69) is 20.8 Å². The second kappa shape index (κ2) is 7.57. The molecule has 8 heteroatoms. The Bertz CT molecular complexity index is 859. The van der Waals surface area contributed by atoms with Gasteiger partial charge in [-0.15, -0.1) is 10.2 Å². The first-order valence-corrected chi connectivity index (χ1v) is 8.04. The van der Waals surface area contributed by atoms with Crippen LogP contribution in [-0.2, 0) is 12.7 Å². The summed E-state index contributed by atoms with van der Waals surface area (Å²) in [6, 6.07) is 12.1. The molecule has 0 aliphatic rings. The summed E-state index contributed by atoms with van der Waals surface area (Å²) >= 11 is 0. The summed E-state index contributed by atoms with van der Waals surface area (Å²) in [6.07, 6.45) is -4.36. The van der Waals surface area contributed by atoms with Gasteiger partial charge in [0, 0.05) is 5.69 Å². The van der Waals surface area contributed by atoms with Gasteiger partial charge in [0.25, 0.3) is 0 Å². The van der Waals surface area contributed by atoms with Crippen LogP contribution in [0.4, 0.5) is 24.5 Å². The molecule has 0 amide bonds. The van der Waals surface area contributed by atoms with Crippen molar-refractivity contribution >= 4 is 11.4 Å². The maximum atomic E-state index is 12.7. The lowest BCUT2D eigenvalue weighted by molar-refractivity contribution is -0.137. The molecule has 0 saturated carbocycles. The van der Waals surface area contributed by atoms with E-state index in [4.69, 9.17) is 4.42 Å². The third-order valence-corrected chi connectivity index (χ3v) is 3.64. The predicted molar refractivity (Wildman–Crippen MR) is 91.8 cm³/mol. The molecule has 0 fully saturated rings. The Morgan fingerprint density at radius 1 is 1.00 bits per heavy atom. The van der Waals surface area contributed by atoms with Crippen LogP contribution >= 0.6 is 0 Å². The van der Waals surface area contributed by atoms with Crippen molar-refractivity contribution in [3.63, 3.8) is 0 Å². The van der Waals surface area contributed by atoms with E-state index < -0.39 is 11.7 Å². The summed E-state index contributed by atoms with van der Waals surface area (Å²) in [5, 5.41) is 14.2. The zero-order valence-corrected chi connectivity index (χ0v) is 14.0. The zero-order chi connectivity index (χ0) is 18.6. The summed E-state index contributed by atoms with van der Waals surface area (Å²) in [5.74, 6) is 0.805. The fourth-order valence-electron chi connectivity index (χ4n) is 2.34. The van der Waals surface area contributed by atoms with Gasteiger partial charge in [0.15, 0.2) is 0 Å². The Morgan fingerprint density at radius 2 is 1.73 bits per heavy atom. The smallest absolute Gasteiger partial charge is 0.416 e. The van der Waals surface area contributed by atoms with Crippen molar-refractivity contribution in [3.05, 3.63) is 60.0 Å². The minimum Gasteiger partial charge on any atom is -0.419 e. The van der Waals surface area contributed by atoms with Crippen molar-refractivity contribution in [3.8, 4) is 11.5 Å². The number of rotatable bonds is 6. The molecule has 0 saturated heterocycles. The number of nitrogens with zero attached hydrogens (tertiary/aromatic N) is 2. The first kappa shape index (κ1) is 17.9. The highest BCUT2D eigenvalue weighted by Gasteiger charge is 2.29. The van der Waals surface area contributed by atoms with Gasteiger partial charge in [-0.3, -0.25) is 0 Å². The largest absolute Gasteiger partial charge is 0.419 e. The van der Waals surface area contributed by atoms with Crippen LogP contribution in [0.5, 0.6) is 0 Å². The zero-order valence-electron chi connectivity index (χ0n) is 14.0. The Kier molecular flexibility index (Phi) is 5.22. The van der Waals surface area contributed by atoms with Crippen molar-refractivity contribution < 1.29 is 17.6 Å². The number of alkyl halides is 3. The average Bonchev–Trinajstić information content (AvgIpc) is 3.09. The maximum Gasteiger partial charge on any atom is 0.416 e. The van der Waals surface area contributed by atoms with E-state index >= 15 is 0 Å². The molecule has 3 rings (SSSR count). The minimum atomic E-state index is -4.36. The van der Waals surface area contributed by atoms with Crippen molar-refractivity contribution in [1.29, 1.82) is 0 Å². The van der Waals surface area contributed by atoms with E-state index in [-0.39, 0.29) is 0 Å². The predicted octanol–water partition coefficient (Wildman–Crippen LogP) is 4.61. The summed E-state index contributed by atoms with van der Waals surface area (Å²) in [4.78, 5) is 0. The normalized spacial score (nSPS) is 11.5. The van der Waals surface area contributed by atoms with Gasteiger partial charge >= 0.3 is 6.18 Å². The lowest BCUT2D eigenvalue weighted by atomic mass is 10.1. The highest BCUT2D eigenvalue weighted by atomic mass is 19.4. The maximum absolute atomic E-state index is 12.7. The molecule has 3 aromatic rings. The highest BCUT2D eigenvalue weighted by molar-refractivity contribution is 5.76. The first-order chi connectivity index (χ1) is 12.5. The summed E-state index contributed by atoms with van der Waals surface area (Å²) in [5.41, 5.74) is 1.16. The van der Waals surface area contributed by atoms with Crippen LogP contribution in [0.2, 0.25) is 0 Å². The van der Waals surface area contributed by atoms with Crippen LogP contribution in [0.15, 0.2) is 52.9 Å². The lowest BCUT2D eigenvalue weighted by Gasteiger charge is -2.11. The van der Waals surface area contributed by atoms with E-state index in [1.165, 1.54) is 12.1 Å². The Hall–Kier alpha value is -2.87. The quantitative estimate of drug-likeness (QED) is 0.671. The van der Waals surface area contributed by atoms with Gasteiger partial charge in [0.05, 0.1) is 23.4 Å². The van der Waals surface area contributed by atoms with Gasteiger partial charge in [-0.2, -0.15) is 13.2 Å². The molecule has 0 radical (unpaired) electrons. The van der Waals surface area contributed by atoms with Gasteiger partial charge in [-0.25, -0.2) is 0 Å². The third-order valence-electron chi connectivity index (χ3n) is 3.64. The van der Waals surface area contributed by atoms with Crippen molar-refractivity contribution in [2.45, 2.75) is 19.6 Å². The van der Waals surface area contributed by atoms with Crippen LogP contribution in [-0.4, -0.2) is 16.7 Å². The summed E-state index contributed by atoms with van der Waals surface area (Å²) in [7, 11) is 0. The fourth-order valence-corrected chi connectivity index (χ4v) is 2.34. The number of hydrogen-bond acceptors (Lipinski definition) is 5. The van der Waals surface area contributed by atoms with Crippen LogP contribution < -0.4 is 10.6 Å². The first-order valence-electron chi connectivity index (χ1n) is 8.04. The summed E-state index contributed by atoms with van der Waals surface area (Å²) < 4.78 is 43.6. The number of aromatic nitrogens is 2. The van der Waals surface area contributed by atoms with Gasteiger partial charge in [0.2, 0.25) is 11.8 Å². The van der Waals surface area contributed by atoms with E-state index in [9.17, 15) is 13.2 Å². The highest BCUT2D eigenvalue weighted by Crippen LogP contribution is 2.32. The Morgan fingerprint density at radius 3 is 2.42 bits per heavy atom. The van der Waals surface area contributed by atoms with E-state index in [1.54, 1.807) is 12.1 Å². The Balaban J connectivity index is 1.82. The lowest BCUT2D eigenvalue weighted by Crippen LogP contribution is -2.11. The molecule has 5 nitrogen and oxygen atoms in total. The molecule has 0 spiro atoms. The van der Waals surface area contributed by atoms with Gasteiger partial charge in [0.1, 0.15) is 0 Å². The summed E-state index contributed by atoms with van der Waals surface area (Å²) in [6.45, 7) is 3.22. The topological polar surface area (TPSA) is 63.0 Å². The van der Waals surface area contributed by atoms with E-state index in [0.29, 0.717) is 35.3 Å². The van der Waals surface area contributed by atoms with Gasteiger partial charge < -0.3 is 15.1 Å². The molecular weight excluding hydrogens is 345 g/mol. The van der Waals surface area contributed by atoms with Crippen LogP contribution in [0, 0.1) is 0 Å². The molecule has 0 atom stereocenters. The number of hydrogen-bond donors (Lipinski definition) is 2. The Labute approximate surface area is 148 Å². The van der Waals surface area contributed by atoms with Crippen molar-refractivity contribution in [2.75, 3.05) is 11.9 Å². The van der Waals surface area contributed by atoms with Crippen molar-refractivity contribution in [1.82, 2.24) is 15.5 Å². The van der Waals surface area contributed by atoms with Crippen LogP contribution in [0.1, 0.15) is 18.4 Å². The molecule has 2 N–H and O–H groups in total. The molecule has 0 unspecified atom stereocenters. The molecule has 0 aliphatic carbocycles. The van der Waals surface area contributed by atoms with Crippen LogP contribution in [0.3, 0.4) is 0 Å². The second-order valence-corrected chi connectivity index (χ2v) is 5.53. The minimum absolute atomic E-state index is 0.341. The molecule has 0 bridgehead atoms. The SMILES string of the molecule is CCNCc1nnc(-c2ccccc2Nc2ccc(C(F)(F)F)cc2)o1. The van der Waals surface area contributed by atoms with E-state index in [1.807, 2.05) is 19.1 Å². The molecule has 0 aliphatic heterocycles. The number of anilines is 2. The second-order valence-electron chi connectivity index (χ2n) is 5.53. The monoisotopic (exact) mass is 362 g/mol. The molecule has 136 valence electrons. The standard InChI is InChI=1S/C18H17F3N4O/c1-2-22-11-16-24-25-17(26-16)14-5-3-4-6-15(14)23-13-9-7-12(8-10-13)18(19,20)21/h3-10,22-23H,2,11H2,1H3. The van der Waals surface area contributed by atoms with Crippen molar-refractivity contribution in [2.24, 2.45) is 0 Å². The fraction of sp³-hybridized carbons (Fsp3) is 0.222. The molecular formula is C18H17F3N4O. The van der Waals surface area contributed by atoms with Gasteiger partial charge in [-0.1, -0.05) is 19.1 Å². The van der Waals surface area contributed by atoms with E-state index in [0.717, 1.165) is 18.7 Å². The number of nitrogens with one attached hydrogen (secondary N) is 2. The average molecular weight is 362 g/mol. The number of halogens is 3. The molecule has 1 aromatic heterocycles. The van der Waals surface area contributed by atoms with Crippen LogP contribution in [0.25, 0.3) is 11.5 Å². The molecule has 2 aromatic carbocycles. The number of para-hydroxylation sites is 1. The van der Waals surface area contributed by atoms with Gasteiger partial charge in [-0.05, 0) is 42.9 Å².